The van der Waals surface area contributed by atoms with Crippen molar-refractivity contribution in [3.63, 3.8) is 0 Å². The second-order valence-corrected chi connectivity index (χ2v) is 10.3. The fourth-order valence-electron chi connectivity index (χ4n) is 4.25. The van der Waals surface area contributed by atoms with Crippen LogP contribution in [0.2, 0.25) is 5.02 Å². The lowest BCUT2D eigenvalue weighted by molar-refractivity contribution is -0.118. The molecule has 180 valence electrons. The zero-order valence-electron chi connectivity index (χ0n) is 19.2. The van der Waals surface area contributed by atoms with Crippen molar-refractivity contribution in [2.45, 2.75) is 58.0 Å². The number of halogens is 1. The molecule has 0 aromatic carbocycles. The van der Waals surface area contributed by atoms with Crippen molar-refractivity contribution in [1.82, 2.24) is 20.5 Å². The standard InChI is InChI=1S/C24H29ClN6O2S/c1-14-18(12-17(25)13-26-14)28-15(2)20-7-8-21(34-20)24(33)29-19(11-16-5-3-4-6-16)23(32)30-22-9-10-27-31-22/h7-10,12-13,15-16,19,28H,3-6,11H2,1-2H3,(H,29,33)(H2,27,30,31,32). The van der Waals surface area contributed by atoms with E-state index >= 15 is 0 Å². The maximum Gasteiger partial charge on any atom is 0.262 e. The average molecular weight is 501 g/mol. The normalized spacial score (nSPS) is 15.6. The van der Waals surface area contributed by atoms with Gasteiger partial charge in [0, 0.05) is 17.1 Å². The van der Waals surface area contributed by atoms with E-state index in [-0.39, 0.29) is 17.9 Å². The zero-order valence-corrected chi connectivity index (χ0v) is 20.8. The number of anilines is 2. The molecule has 0 spiro atoms. The first-order valence-corrected chi connectivity index (χ1v) is 12.7. The Morgan fingerprint density at radius 3 is 2.79 bits per heavy atom. The molecular weight excluding hydrogens is 472 g/mol. The molecule has 1 aliphatic rings. The molecule has 2 amide bonds. The second-order valence-electron chi connectivity index (χ2n) is 8.73. The monoisotopic (exact) mass is 500 g/mol. The summed E-state index contributed by atoms with van der Waals surface area (Å²) in [6.45, 7) is 3.94. The quantitative estimate of drug-likeness (QED) is 0.318. The molecule has 1 saturated carbocycles. The molecule has 0 saturated heterocycles. The highest BCUT2D eigenvalue weighted by Crippen LogP contribution is 2.30. The van der Waals surface area contributed by atoms with Crippen molar-refractivity contribution in [3.05, 3.63) is 57.1 Å². The van der Waals surface area contributed by atoms with E-state index in [1.165, 1.54) is 24.2 Å². The fraction of sp³-hybridized carbons (Fsp3) is 0.417. The van der Waals surface area contributed by atoms with Crippen molar-refractivity contribution in [3.8, 4) is 0 Å². The number of aromatic nitrogens is 3. The molecule has 0 bridgehead atoms. The van der Waals surface area contributed by atoms with Crippen molar-refractivity contribution < 1.29 is 9.59 Å². The van der Waals surface area contributed by atoms with E-state index in [0.717, 1.165) is 29.1 Å². The molecule has 2 atom stereocenters. The van der Waals surface area contributed by atoms with Gasteiger partial charge in [0.05, 0.1) is 33.5 Å². The third-order valence-corrected chi connectivity index (χ3v) is 7.60. The number of hydrogen-bond acceptors (Lipinski definition) is 6. The third-order valence-electron chi connectivity index (χ3n) is 6.13. The van der Waals surface area contributed by atoms with E-state index in [4.69, 9.17) is 11.6 Å². The van der Waals surface area contributed by atoms with Gasteiger partial charge in [0.1, 0.15) is 11.9 Å². The van der Waals surface area contributed by atoms with E-state index in [2.05, 4.69) is 31.1 Å². The molecule has 0 radical (unpaired) electrons. The first-order chi connectivity index (χ1) is 16.4. The van der Waals surface area contributed by atoms with Crippen LogP contribution >= 0.6 is 22.9 Å². The Hall–Kier alpha value is -2.91. The Morgan fingerprint density at radius 1 is 1.26 bits per heavy atom. The summed E-state index contributed by atoms with van der Waals surface area (Å²) >= 11 is 7.48. The number of nitrogens with zero attached hydrogens (tertiary/aromatic N) is 2. The van der Waals surface area contributed by atoms with Gasteiger partial charge in [0.15, 0.2) is 0 Å². The van der Waals surface area contributed by atoms with E-state index < -0.39 is 6.04 Å². The van der Waals surface area contributed by atoms with E-state index in [0.29, 0.717) is 28.1 Å². The highest BCUT2D eigenvalue weighted by Gasteiger charge is 2.28. The first-order valence-electron chi connectivity index (χ1n) is 11.5. The Morgan fingerprint density at radius 2 is 2.06 bits per heavy atom. The van der Waals surface area contributed by atoms with Crippen LogP contribution in [0, 0.1) is 12.8 Å². The third kappa shape index (κ3) is 6.15. The largest absolute Gasteiger partial charge is 0.376 e. The molecule has 1 fully saturated rings. The summed E-state index contributed by atoms with van der Waals surface area (Å²) in [7, 11) is 0. The maximum atomic E-state index is 13.1. The molecule has 8 nitrogen and oxygen atoms in total. The molecule has 1 aliphatic carbocycles. The van der Waals surface area contributed by atoms with Gasteiger partial charge in [-0.3, -0.25) is 19.7 Å². The van der Waals surface area contributed by atoms with Crippen molar-refractivity contribution in [2.24, 2.45) is 5.92 Å². The second kappa shape index (κ2) is 11.0. The molecule has 34 heavy (non-hydrogen) atoms. The predicted octanol–water partition coefficient (Wildman–Crippen LogP) is 5.32. The van der Waals surface area contributed by atoms with Gasteiger partial charge in [-0.25, -0.2) is 0 Å². The molecule has 10 heteroatoms. The number of aryl methyl sites for hydroxylation is 1. The average Bonchev–Trinajstić information content (AvgIpc) is 3.58. The Balaban J connectivity index is 1.42. The van der Waals surface area contributed by atoms with Crippen molar-refractivity contribution in [2.75, 3.05) is 10.6 Å². The van der Waals surface area contributed by atoms with E-state index in [1.807, 2.05) is 26.0 Å². The molecule has 3 aromatic rings. The molecule has 4 rings (SSSR count). The van der Waals surface area contributed by atoms with Crippen LogP contribution in [0.4, 0.5) is 11.5 Å². The first kappa shape index (κ1) is 24.2. The Kier molecular flexibility index (Phi) is 7.84. The predicted molar refractivity (Wildman–Crippen MR) is 135 cm³/mol. The minimum absolute atomic E-state index is 0.0384. The topological polar surface area (TPSA) is 112 Å². The molecule has 2 unspecified atom stereocenters. The zero-order chi connectivity index (χ0) is 24.1. The number of amides is 2. The summed E-state index contributed by atoms with van der Waals surface area (Å²) in [5, 5.41) is 16.4. The summed E-state index contributed by atoms with van der Waals surface area (Å²) < 4.78 is 0. The number of carbonyl (C=O) groups is 2. The van der Waals surface area contributed by atoms with Crippen LogP contribution in [-0.4, -0.2) is 33.0 Å². The minimum atomic E-state index is -0.611. The van der Waals surface area contributed by atoms with E-state index in [9.17, 15) is 9.59 Å². The van der Waals surface area contributed by atoms with Gasteiger partial charge in [0.25, 0.3) is 5.91 Å². The van der Waals surface area contributed by atoms with Gasteiger partial charge in [-0.1, -0.05) is 37.3 Å². The number of hydrogen-bond donors (Lipinski definition) is 4. The number of pyridine rings is 1. The number of nitrogens with one attached hydrogen (secondary N) is 4. The van der Waals surface area contributed by atoms with Crippen LogP contribution in [0.15, 0.2) is 36.7 Å². The number of rotatable bonds is 9. The Bertz CT molecular complexity index is 1130. The molecule has 3 heterocycles. The summed E-state index contributed by atoms with van der Waals surface area (Å²) in [5.74, 6) is 0.474. The van der Waals surface area contributed by atoms with Crippen LogP contribution in [0.3, 0.4) is 0 Å². The van der Waals surface area contributed by atoms with Gasteiger partial charge >= 0.3 is 0 Å². The number of thiophene rings is 1. The summed E-state index contributed by atoms with van der Waals surface area (Å²) in [4.78, 5) is 31.9. The summed E-state index contributed by atoms with van der Waals surface area (Å²) in [6, 6.07) is 6.61. The van der Waals surface area contributed by atoms with Gasteiger partial charge < -0.3 is 16.0 Å². The van der Waals surface area contributed by atoms with Crippen LogP contribution in [0.1, 0.15) is 65.3 Å². The lowest BCUT2D eigenvalue weighted by Gasteiger charge is -2.21. The Labute approximate surface area is 207 Å². The van der Waals surface area contributed by atoms with E-state index in [1.54, 1.807) is 24.5 Å². The number of aromatic amines is 1. The van der Waals surface area contributed by atoms with Gasteiger partial charge in [-0.05, 0) is 44.4 Å². The smallest absolute Gasteiger partial charge is 0.262 e. The molecular formula is C24H29ClN6O2S. The number of H-pyrrole nitrogens is 1. The van der Waals surface area contributed by atoms with Crippen LogP contribution in [-0.2, 0) is 4.79 Å². The van der Waals surface area contributed by atoms with Gasteiger partial charge in [-0.2, -0.15) is 5.10 Å². The maximum absolute atomic E-state index is 13.1. The minimum Gasteiger partial charge on any atom is -0.376 e. The van der Waals surface area contributed by atoms with Gasteiger partial charge in [-0.15, -0.1) is 11.3 Å². The van der Waals surface area contributed by atoms with Crippen LogP contribution in [0.25, 0.3) is 0 Å². The van der Waals surface area contributed by atoms with Crippen LogP contribution < -0.4 is 16.0 Å². The SMILES string of the molecule is Cc1ncc(Cl)cc1NC(C)c1ccc(C(=O)NC(CC2CCCC2)C(=O)Nc2ccn[nH]2)s1. The lowest BCUT2D eigenvalue weighted by atomic mass is 9.97. The summed E-state index contributed by atoms with van der Waals surface area (Å²) in [6.07, 6.45) is 8.35. The molecule has 0 aliphatic heterocycles. The number of carbonyl (C=O) groups excluding carboxylic acids is 2. The lowest BCUT2D eigenvalue weighted by Crippen LogP contribution is -2.44. The molecule has 3 aromatic heterocycles. The summed E-state index contributed by atoms with van der Waals surface area (Å²) in [5.41, 5.74) is 1.70. The molecule has 4 N–H and O–H groups in total. The highest BCUT2D eigenvalue weighted by molar-refractivity contribution is 7.14. The highest BCUT2D eigenvalue weighted by atomic mass is 35.5. The van der Waals surface area contributed by atoms with Crippen molar-refractivity contribution >= 4 is 46.3 Å². The fourth-order valence-corrected chi connectivity index (χ4v) is 5.32. The van der Waals surface area contributed by atoms with Crippen molar-refractivity contribution in [1.29, 1.82) is 0 Å². The van der Waals surface area contributed by atoms with Gasteiger partial charge in [0.2, 0.25) is 5.91 Å². The van der Waals surface area contributed by atoms with Crippen LogP contribution in [0.5, 0.6) is 0 Å².